The summed E-state index contributed by atoms with van der Waals surface area (Å²) in [5.41, 5.74) is 2.00. The molecule has 3 atom stereocenters. The molecule has 5 rings (SSSR count). The van der Waals surface area contributed by atoms with Crippen LogP contribution >= 0.6 is 15.9 Å². The molecular weight excluding hydrogens is 512 g/mol. The lowest BCUT2D eigenvalue weighted by molar-refractivity contribution is -0.126. The van der Waals surface area contributed by atoms with E-state index in [2.05, 4.69) is 15.9 Å². The van der Waals surface area contributed by atoms with E-state index in [9.17, 15) is 9.59 Å². The molecule has 2 amide bonds. The van der Waals surface area contributed by atoms with Crippen LogP contribution in [0.25, 0.3) is 0 Å². The lowest BCUT2D eigenvalue weighted by Crippen LogP contribution is -2.37. The second-order valence-corrected chi connectivity index (χ2v) is 9.31. The third-order valence-electron chi connectivity index (χ3n) is 6.20. The number of methoxy groups -OCH3 is 1. The van der Waals surface area contributed by atoms with Crippen molar-refractivity contribution in [2.24, 2.45) is 5.92 Å². The molecule has 3 aromatic rings. The fraction of sp³-hybridized carbons (Fsp3) is 0.259. The Labute approximate surface area is 212 Å². The normalized spacial score (nSPS) is 21.4. The van der Waals surface area contributed by atoms with Crippen LogP contribution in [-0.2, 0) is 14.4 Å². The van der Waals surface area contributed by atoms with Crippen molar-refractivity contribution >= 4 is 39.1 Å². The zero-order chi connectivity index (χ0) is 24.5. The highest BCUT2D eigenvalue weighted by atomic mass is 79.9. The number of halogens is 1. The summed E-state index contributed by atoms with van der Waals surface area (Å²) in [6.07, 6.45) is -0.0587. The van der Waals surface area contributed by atoms with Crippen LogP contribution in [0, 0.1) is 5.92 Å². The van der Waals surface area contributed by atoms with Gasteiger partial charge in [-0.15, -0.1) is 0 Å². The number of hydroxylamine groups is 1. The van der Waals surface area contributed by atoms with Crippen molar-refractivity contribution in [3.8, 4) is 11.5 Å². The minimum absolute atomic E-state index is 0.312. The number of carbonyl (C=O) groups is 2. The summed E-state index contributed by atoms with van der Waals surface area (Å²) in [5.74, 6) is -0.146. The third-order valence-corrected chi connectivity index (χ3v) is 6.70. The van der Waals surface area contributed by atoms with Gasteiger partial charge in [-0.1, -0.05) is 41.1 Å². The van der Waals surface area contributed by atoms with E-state index in [1.54, 1.807) is 36.4 Å². The molecule has 0 unspecified atom stereocenters. The van der Waals surface area contributed by atoms with Crippen LogP contribution in [0.1, 0.15) is 24.9 Å². The summed E-state index contributed by atoms with van der Waals surface area (Å²) in [4.78, 5) is 34.8. The van der Waals surface area contributed by atoms with E-state index in [1.165, 1.54) is 4.90 Å². The molecule has 7 nitrogen and oxygen atoms in total. The van der Waals surface area contributed by atoms with Crippen LogP contribution in [0.3, 0.4) is 0 Å². The number of hydrogen-bond donors (Lipinski definition) is 0. The molecule has 35 heavy (non-hydrogen) atoms. The summed E-state index contributed by atoms with van der Waals surface area (Å²) in [6, 6.07) is 21.5. The number of hydrogen-bond acceptors (Lipinski definition) is 6. The topological polar surface area (TPSA) is 68.3 Å². The van der Waals surface area contributed by atoms with Gasteiger partial charge in [0.15, 0.2) is 6.10 Å². The molecule has 2 aliphatic rings. The van der Waals surface area contributed by atoms with Gasteiger partial charge in [-0.05, 0) is 61.0 Å². The van der Waals surface area contributed by atoms with Crippen molar-refractivity contribution in [1.82, 2.24) is 0 Å². The number of anilines is 2. The van der Waals surface area contributed by atoms with Gasteiger partial charge in [-0.25, -0.2) is 9.96 Å². The van der Waals surface area contributed by atoms with E-state index < -0.39 is 18.1 Å². The molecule has 0 aromatic heterocycles. The molecule has 0 N–H and O–H groups in total. The Bertz CT molecular complexity index is 1230. The Morgan fingerprint density at radius 3 is 2.37 bits per heavy atom. The van der Waals surface area contributed by atoms with Gasteiger partial charge >= 0.3 is 0 Å². The molecular formula is C27H25BrN2O5. The molecule has 180 valence electrons. The number of para-hydroxylation sites is 1. The lowest BCUT2D eigenvalue weighted by Gasteiger charge is -2.29. The molecule has 3 aromatic carbocycles. The Morgan fingerprint density at radius 2 is 1.69 bits per heavy atom. The van der Waals surface area contributed by atoms with E-state index in [0.29, 0.717) is 23.8 Å². The Balaban J connectivity index is 1.54. The highest BCUT2D eigenvalue weighted by Crippen LogP contribution is 2.50. The first-order valence-electron chi connectivity index (χ1n) is 11.5. The minimum atomic E-state index is -0.951. The third kappa shape index (κ3) is 4.17. The number of nitrogens with zero attached hydrogens (tertiary/aromatic N) is 2. The Hall–Kier alpha value is -3.36. The van der Waals surface area contributed by atoms with E-state index in [1.807, 2.05) is 55.5 Å². The number of fused-ring (bicyclic) bond motifs is 1. The van der Waals surface area contributed by atoms with Crippen LogP contribution in [0.15, 0.2) is 77.3 Å². The van der Waals surface area contributed by atoms with E-state index in [0.717, 1.165) is 22.1 Å². The van der Waals surface area contributed by atoms with Gasteiger partial charge in [0.05, 0.1) is 31.1 Å². The number of imide groups is 1. The van der Waals surface area contributed by atoms with Crippen molar-refractivity contribution in [3.63, 3.8) is 0 Å². The first-order valence-corrected chi connectivity index (χ1v) is 12.3. The standard InChI is InChI=1S/C27H25BrN2O5/c1-3-15-34-20-12-10-18(11-13-20)29-26(31)23-24(21-16-17(28)9-14-22(21)33-2)30(35-25(23)27(29)32)19-7-5-4-6-8-19/h4-14,16,23-25H,3,15H2,1-2H3/t23-,24+,25+/m0/s1. The zero-order valence-corrected chi connectivity index (χ0v) is 21.0. The summed E-state index contributed by atoms with van der Waals surface area (Å²) in [6.45, 7) is 2.63. The average Bonchev–Trinajstić information content (AvgIpc) is 3.39. The fourth-order valence-electron chi connectivity index (χ4n) is 4.63. The predicted molar refractivity (Wildman–Crippen MR) is 135 cm³/mol. The van der Waals surface area contributed by atoms with E-state index >= 15 is 0 Å². The van der Waals surface area contributed by atoms with Gasteiger partial charge in [-0.3, -0.25) is 14.4 Å². The molecule has 2 fully saturated rings. The van der Waals surface area contributed by atoms with Gasteiger partial charge in [0.25, 0.3) is 5.91 Å². The second-order valence-electron chi connectivity index (χ2n) is 8.40. The minimum Gasteiger partial charge on any atom is -0.496 e. The number of ether oxygens (including phenoxy) is 2. The largest absolute Gasteiger partial charge is 0.496 e. The van der Waals surface area contributed by atoms with Gasteiger partial charge in [0.1, 0.15) is 17.4 Å². The first kappa shape index (κ1) is 23.4. The summed E-state index contributed by atoms with van der Waals surface area (Å²) >= 11 is 3.53. The Morgan fingerprint density at radius 1 is 0.943 bits per heavy atom. The smallest absolute Gasteiger partial charge is 0.266 e. The molecule has 0 saturated carbocycles. The van der Waals surface area contributed by atoms with Crippen LogP contribution in [-0.4, -0.2) is 31.6 Å². The maximum Gasteiger partial charge on any atom is 0.266 e. The van der Waals surface area contributed by atoms with Crippen molar-refractivity contribution in [2.45, 2.75) is 25.5 Å². The zero-order valence-electron chi connectivity index (χ0n) is 19.4. The fourth-order valence-corrected chi connectivity index (χ4v) is 5.01. The maximum absolute atomic E-state index is 13.8. The molecule has 0 radical (unpaired) electrons. The van der Waals surface area contributed by atoms with Crippen molar-refractivity contribution in [3.05, 3.63) is 82.8 Å². The summed E-state index contributed by atoms with van der Waals surface area (Å²) in [7, 11) is 1.59. The van der Waals surface area contributed by atoms with E-state index in [4.69, 9.17) is 14.3 Å². The average molecular weight is 537 g/mol. The van der Waals surface area contributed by atoms with Crippen molar-refractivity contribution in [1.29, 1.82) is 0 Å². The quantitative estimate of drug-likeness (QED) is 0.382. The molecule has 0 spiro atoms. The first-order chi connectivity index (χ1) is 17.0. The van der Waals surface area contributed by atoms with Crippen molar-refractivity contribution in [2.75, 3.05) is 23.7 Å². The summed E-state index contributed by atoms with van der Waals surface area (Å²) in [5, 5.41) is 1.66. The lowest BCUT2D eigenvalue weighted by atomic mass is 9.90. The van der Waals surface area contributed by atoms with Gasteiger partial charge < -0.3 is 9.47 Å². The van der Waals surface area contributed by atoms with E-state index in [-0.39, 0.29) is 11.8 Å². The highest BCUT2D eigenvalue weighted by molar-refractivity contribution is 9.10. The number of benzene rings is 3. The SMILES string of the molecule is CCCOc1ccc(N2C(=O)[C@H]3[C@@H](c4cc(Br)ccc4OC)N(c4ccccc4)O[C@H]3C2=O)cc1. The summed E-state index contributed by atoms with van der Waals surface area (Å²) < 4.78 is 12.1. The second kappa shape index (κ2) is 9.71. The number of amides is 2. The molecule has 8 heteroatoms. The van der Waals surface area contributed by atoms with Gasteiger partial charge in [0, 0.05) is 10.0 Å². The van der Waals surface area contributed by atoms with Gasteiger partial charge in [-0.2, -0.15) is 0 Å². The highest BCUT2D eigenvalue weighted by Gasteiger charge is 2.60. The monoisotopic (exact) mass is 536 g/mol. The predicted octanol–water partition coefficient (Wildman–Crippen LogP) is 5.30. The van der Waals surface area contributed by atoms with Gasteiger partial charge in [0.2, 0.25) is 5.91 Å². The number of carbonyl (C=O) groups excluding carboxylic acids is 2. The molecule has 0 aliphatic carbocycles. The molecule has 2 heterocycles. The maximum atomic E-state index is 13.8. The van der Waals surface area contributed by atoms with Crippen molar-refractivity contribution < 1.29 is 23.9 Å². The Kier molecular flexibility index (Phi) is 6.49. The molecule has 2 saturated heterocycles. The van der Waals surface area contributed by atoms with Crippen LogP contribution in [0.5, 0.6) is 11.5 Å². The molecule has 0 bridgehead atoms. The molecule has 2 aliphatic heterocycles. The van der Waals surface area contributed by atoms with Crippen LogP contribution in [0.2, 0.25) is 0 Å². The van der Waals surface area contributed by atoms with Crippen LogP contribution < -0.4 is 19.4 Å². The number of rotatable bonds is 7. The van der Waals surface area contributed by atoms with Crippen LogP contribution in [0.4, 0.5) is 11.4 Å².